The summed E-state index contributed by atoms with van der Waals surface area (Å²) < 4.78 is 10.8. The lowest BCUT2D eigenvalue weighted by atomic mass is 9.92. The molecule has 0 saturated carbocycles. The third-order valence-electron chi connectivity index (χ3n) is 6.60. The predicted octanol–water partition coefficient (Wildman–Crippen LogP) is 6.49. The van der Waals surface area contributed by atoms with E-state index in [0.29, 0.717) is 13.0 Å². The molecule has 5 heteroatoms. The summed E-state index contributed by atoms with van der Waals surface area (Å²) in [4.78, 5) is 19.8. The zero-order chi connectivity index (χ0) is 23.7. The van der Waals surface area contributed by atoms with Crippen LogP contribution >= 0.6 is 0 Å². The van der Waals surface area contributed by atoms with Crippen molar-refractivity contribution in [1.29, 1.82) is 0 Å². The number of fused-ring (bicyclic) bond motifs is 2. The number of benzene rings is 3. The maximum absolute atomic E-state index is 12.5. The fourth-order valence-electron chi connectivity index (χ4n) is 4.98. The van der Waals surface area contributed by atoms with Crippen LogP contribution in [0.2, 0.25) is 0 Å². The smallest absolute Gasteiger partial charge is 0.306 e. The van der Waals surface area contributed by atoms with Crippen molar-refractivity contribution < 1.29 is 14.3 Å². The van der Waals surface area contributed by atoms with E-state index in [4.69, 9.17) is 14.5 Å². The monoisotopic (exact) mass is 452 g/mol. The van der Waals surface area contributed by atoms with Gasteiger partial charge in [-0.3, -0.25) is 4.79 Å². The molecule has 3 aromatic carbocycles. The third-order valence-corrected chi connectivity index (χ3v) is 6.60. The average Bonchev–Trinajstić information content (AvgIpc) is 3.14. The van der Waals surface area contributed by atoms with Gasteiger partial charge >= 0.3 is 5.97 Å². The van der Waals surface area contributed by atoms with Crippen LogP contribution in [-0.2, 0) is 9.53 Å². The van der Waals surface area contributed by atoms with Gasteiger partial charge in [0, 0.05) is 28.6 Å². The van der Waals surface area contributed by atoms with E-state index in [2.05, 4.69) is 54.3 Å². The number of methoxy groups -OCH3 is 1. The highest BCUT2D eigenvalue weighted by Crippen LogP contribution is 2.49. The number of anilines is 2. The number of ether oxygens (including phenoxy) is 2. The number of aromatic nitrogens is 1. The highest BCUT2D eigenvalue weighted by molar-refractivity contribution is 5.97. The summed E-state index contributed by atoms with van der Waals surface area (Å²) in [7, 11) is 1.67. The Morgan fingerprint density at radius 1 is 0.971 bits per heavy atom. The first-order valence-corrected chi connectivity index (χ1v) is 11.7. The first-order chi connectivity index (χ1) is 16.6. The second-order valence-electron chi connectivity index (χ2n) is 8.56. The average molecular weight is 453 g/mol. The molecule has 2 heterocycles. The first kappa shape index (κ1) is 22.0. The number of esters is 1. The molecule has 0 radical (unpaired) electrons. The molecule has 2 unspecified atom stereocenters. The fraction of sp³-hybridized carbons (Fsp3) is 0.241. The van der Waals surface area contributed by atoms with Gasteiger partial charge in [0.25, 0.3) is 0 Å². The number of hydrogen-bond donors (Lipinski definition) is 0. The normalized spacial score (nSPS) is 17.0. The molecule has 4 aromatic rings. The number of pyridine rings is 1. The van der Waals surface area contributed by atoms with Crippen LogP contribution in [0.5, 0.6) is 5.75 Å². The summed E-state index contributed by atoms with van der Waals surface area (Å²) in [5.41, 5.74) is 6.19. The van der Waals surface area contributed by atoms with Gasteiger partial charge in [-0.25, -0.2) is 4.98 Å². The van der Waals surface area contributed by atoms with E-state index >= 15 is 0 Å². The summed E-state index contributed by atoms with van der Waals surface area (Å²) >= 11 is 0. The lowest BCUT2D eigenvalue weighted by molar-refractivity contribution is -0.143. The molecule has 34 heavy (non-hydrogen) atoms. The van der Waals surface area contributed by atoms with E-state index in [1.54, 1.807) is 7.11 Å². The van der Waals surface area contributed by atoms with Gasteiger partial charge in [-0.15, -0.1) is 0 Å². The van der Waals surface area contributed by atoms with E-state index in [1.165, 1.54) is 0 Å². The van der Waals surface area contributed by atoms with Crippen LogP contribution in [0, 0.1) is 0 Å². The van der Waals surface area contributed by atoms with Crippen molar-refractivity contribution in [2.24, 2.45) is 0 Å². The topological polar surface area (TPSA) is 51.7 Å². The second kappa shape index (κ2) is 9.18. The number of nitrogens with zero attached hydrogens (tertiary/aromatic N) is 2. The lowest BCUT2D eigenvalue weighted by Gasteiger charge is -2.29. The van der Waals surface area contributed by atoms with Gasteiger partial charge in [0.2, 0.25) is 0 Å². The molecule has 0 saturated heterocycles. The molecule has 0 amide bonds. The zero-order valence-corrected chi connectivity index (χ0v) is 19.7. The molecular weight excluding hydrogens is 424 g/mol. The van der Waals surface area contributed by atoms with Crippen molar-refractivity contribution in [3.05, 3.63) is 84.4 Å². The molecule has 1 aromatic heterocycles. The van der Waals surface area contributed by atoms with Gasteiger partial charge in [0.1, 0.15) is 5.75 Å². The summed E-state index contributed by atoms with van der Waals surface area (Å²) in [5.74, 6) is 0.585. The van der Waals surface area contributed by atoms with Crippen LogP contribution in [0.25, 0.3) is 22.2 Å². The number of hydrogen-bond acceptors (Lipinski definition) is 5. The Kier molecular flexibility index (Phi) is 5.93. The molecule has 2 atom stereocenters. The highest BCUT2D eigenvalue weighted by atomic mass is 16.5. The Hall–Kier alpha value is -3.86. The van der Waals surface area contributed by atoms with Crippen molar-refractivity contribution >= 4 is 28.2 Å². The molecular formula is C29H28N2O3. The Balaban J connectivity index is 1.69. The molecule has 1 aliphatic heterocycles. The molecule has 0 bridgehead atoms. The van der Waals surface area contributed by atoms with Gasteiger partial charge in [0.05, 0.1) is 37.0 Å². The van der Waals surface area contributed by atoms with Gasteiger partial charge in [-0.05, 0) is 49.7 Å². The number of rotatable bonds is 6. The van der Waals surface area contributed by atoms with Gasteiger partial charge in [-0.1, -0.05) is 48.5 Å². The predicted molar refractivity (Wildman–Crippen MR) is 136 cm³/mol. The maximum Gasteiger partial charge on any atom is 0.306 e. The van der Waals surface area contributed by atoms with Gasteiger partial charge in [0.15, 0.2) is 0 Å². The number of para-hydroxylation sites is 1. The molecule has 5 nitrogen and oxygen atoms in total. The molecule has 172 valence electrons. The SMILES string of the molecule is CCOC(=O)CC1c2cc(OC)ccc2N(c2cc(-c3ccccc3)nc3ccccc23)C1C. The molecule has 0 spiro atoms. The quantitative estimate of drug-likeness (QED) is 0.313. The minimum absolute atomic E-state index is 0.0174. The molecule has 0 fully saturated rings. The zero-order valence-electron chi connectivity index (χ0n) is 19.7. The van der Waals surface area contributed by atoms with E-state index in [9.17, 15) is 4.79 Å². The Bertz CT molecular complexity index is 1340. The summed E-state index contributed by atoms with van der Waals surface area (Å²) in [6.07, 6.45) is 0.320. The van der Waals surface area contributed by atoms with Crippen molar-refractivity contribution in [2.45, 2.75) is 32.2 Å². The minimum atomic E-state index is -0.181. The van der Waals surface area contributed by atoms with Gasteiger partial charge < -0.3 is 14.4 Å². The van der Waals surface area contributed by atoms with Crippen LogP contribution in [-0.4, -0.2) is 30.7 Å². The van der Waals surface area contributed by atoms with Crippen molar-refractivity contribution in [2.75, 3.05) is 18.6 Å². The third kappa shape index (κ3) is 3.87. The standard InChI is InChI=1S/C29H28N2O3/c1-4-34-29(32)17-23-19(2)31(27-15-14-21(33-3)16-24(23)27)28-18-26(20-10-6-5-7-11-20)30-25-13-9-8-12-22(25)28/h5-16,18-19,23H,4,17H2,1-3H3. The molecule has 0 aliphatic carbocycles. The number of carbonyl (C=O) groups is 1. The van der Waals surface area contributed by atoms with Crippen LogP contribution in [0.15, 0.2) is 78.9 Å². The van der Waals surface area contributed by atoms with Gasteiger partial charge in [-0.2, -0.15) is 0 Å². The summed E-state index contributed by atoms with van der Waals surface area (Å²) in [6.45, 7) is 4.39. The van der Waals surface area contributed by atoms with Crippen molar-refractivity contribution in [3.63, 3.8) is 0 Å². The minimum Gasteiger partial charge on any atom is -0.497 e. The summed E-state index contributed by atoms with van der Waals surface area (Å²) in [6, 6.07) is 26.8. The van der Waals surface area contributed by atoms with Crippen molar-refractivity contribution in [3.8, 4) is 17.0 Å². The van der Waals surface area contributed by atoms with Crippen LogP contribution in [0.3, 0.4) is 0 Å². The second-order valence-corrected chi connectivity index (χ2v) is 8.56. The number of carbonyl (C=O) groups excluding carboxylic acids is 1. The first-order valence-electron chi connectivity index (χ1n) is 11.7. The Morgan fingerprint density at radius 2 is 1.74 bits per heavy atom. The van der Waals surface area contributed by atoms with E-state index in [1.807, 2.05) is 43.3 Å². The van der Waals surface area contributed by atoms with Crippen molar-refractivity contribution in [1.82, 2.24) is 4.98 Å². The highest BCUT2D eigenvalue weighted by Gasteiger charge is 2.39. The fourth-order valence-corrected chi connectivity index (χ4v) is 4.98. The largest absolute Gasteiger partial charge is 0.497 e. The lowest BCUT2D eigenvalue weighted by Crippen LogP contribution is -2.28. The molecule has 5 rings (SSSR count). The van der Waals surface area contributed by atoms with Crippen LogP contribution < -0.4 is 9.64 Å². The van der Waals surface area contributed by atoms with E-state index < -0.39 is 0 Å². The van der Waals surface area contributed by atoms with Crippen LogP contribution in [0.4, 0.5) is 11.4 Å². The van der Waals surface area contributed by atoms with E-state index in [-0.39, 0.29) is 17.9 Å². The molecule has 0 N–H and O–H groups in total. The Labute approximate surface area is 200 Å². The summed E-state index contributed by atoms with van der Waals surface area (Å²) in [5, 5.41) is 1.08. The Morgan fingerprint density at radius 3 is 2.50 bits per heavy atom. The molecule has 1 aliphatic rings. The van der Waals surface area contributed by atoms with E-state index in [0.717, 1.165) is 44.8 Å². The maximum atomic E-state index is 12.5. The van der Waals surface area contributed by atoms with Crippen LogP contribution in [0.1, 0.15) is 31.7 Å².